The van der Waals surface area contributed by atoms with Crippen molar-refractivity contribution in [2.45, 2.75) is 26.8 Å². The summed E-state index contributed by atoms with van der Waals surface area (Å²) in [6.45, 7) is 6.01. The average molecular weight is 346 g/mol. The van der Waals surface area contributed by atoms with E-state index in [1.807, 2.05) is 20.8 Å². The molecule has 0 aliphatic rings. The first-order valence-corrected chi connectivity index (χ1v) is 8.03. The second-order valence-corrected chi connectivity index (χ2v) is 7.00. The van der Waals surface area contributed by atoms with Crippen LogP contribution in [0.5, 0.6) is 5.75 Å². The van der Waals surface area contributed by atoms with Gasteiger partial charge >= 0.3 is 0 Å². The van der Waals surface area contributed by atoms with Crippen LogP contribution in [0.25, 0.3) is 0 Å². The number of benzene rings is 1. The van der Waals surface area contributed by atoms with Crippen LogP contribution < -0.4 is 15.6 Å². The van der Waals surface area contributed by atoms with E-state index in [4.69, 9.17) is 4.74 Å². The first kappa shape index (κ1) is 18.7. The molecular formula is C19H23FN2O3. The summed E-state index contributed by atoms with van der Waals surface area (Å²) in [7, 11) is 1.58. The highest BCUT2D eigenvalue weighted by molar-refractivity contribution is 5.94. The van der Waals surface area contributed by atoms with Gasteiger partial charge in [0.2, 0.25) is 5.56 Å². The quantitative estimate of drug-likeness (QED) is 0.906. The van der Waals surface area contributed by atoms with Crippen LogP contribution in [0.4, 0.5) is 4.39 Å². The Balaban J connectivity index is 2.12. The van der Waals surface area contributed by atoms with Crippen LogP contribution in [0.2, 0.25) is 0 Å². The van der Waals surface area contributed by atoms with Crippen molar-refractivity contribution in [1.82, 2.24) is 9.88 Å². The van der Waals surface area contributed by atoms with E-state index in [9.17, 15) is 14.0 Å². The number of amides is 1. The van der Waals surface area contributed by atoms with E-state index < -0.39 is 5.82 Å². The highest BCUT2D eigenvalue weighted by atomic mass is 19.1. The van der Waals surface area contributed by atoms with Crippen molar-refractivity contribution in [2.24, 2.45) is 12.5 Å². The zero-order chi connectivity index (χ0) is 18.6. The predicted octanol–water partition coefficient (Wildman–Crippen LogP) is 2.75. The number of para-hydroxylation sites is 1. The van der Waals surface area contributed by atoms with Crippen LogP contribution in [0.15, 0.2) is 47.4 Å². The molecule has 1 aromatic carbocycles. The van der Waals surface area contributed by atoms with Crippen LogP contribution in [0.3, 0.4) is 0 Å². The van der Waals surface area contributed by atoms with Gasteiger partial charge in [-0.1, -0.05) is 32.9 Å². The SMILES string of the molecule is Cn1cc(C(=O)N[C@@H](COc2ccccc2F)C(C)(C)C)ccc1=O. The van der Waals surface area contributed by atoms with Gasteiger partial charge in [-0.2, -0.15) is 0 Å². The lowest BCUT2D eigenvalue weighted by Crippen LogP contribution is -2.47. The fraction of sp³-hybridized carbons (Fsp3) is 0.368. The molecule has 0 spiro atoms. The van der Waals surface area contributed by atoms with Crippen LogP contribution in [-0.4, -0.2) is 23.1 Å². The summed E-state index contributed by atoms with van der Waals surface area (Å²) in [6, 6.07) is 8.62. The molecule has 0 aliphatic heterocycles. The number of aryl methyl sites for hydroxylation is 1. The molecule has 5 nitrogen and oxygen atoms in total. The zero-order valence-corrected chi connectivity index (χ0v) is 14.9. The van der Waals surface area contributed by atoms with Crippen molar-refractivity contribution in [3.63, 3.8) is 0 Å². The molecule has 2 aromatic rings. The van der Waals surface area contributed by atoms with Gasteiger partial charge in [0, 0.05) is 19.3 Å². The van der Waals surface area contributed by atoms with Crippen molar-refractivity contribution in [1.29, 1.82) is 0 Å². The molecular weight excluding hydrogens is 323 g/mol. The summed E-state index contributed by atoms with van der Waals surface area (Å²) in [5.41, 5.74) is -0.115. The Labute approximate surface area is 146 Å². The molecule has 1 amide bonds. The Hall–Kier alpha value is -2.63. The fourth-order valence-electron chi connectivity index (χ4n) is 2.21. The number of ether oxygens (including phenoxy) is 1. The molecule has 0 saturated heterocycles. The van der Waals surface area contributed by atoms with Crippen molar-refractivity contribution < 1.29 is 13.9 Å². The first-order chi connectivity index (χ1) is 11.7. The van der Waals surface area contributed by atoms with E-state index in [0.717, 1.165) is 0 Å². The van der Waals surface area contributed by atoms with Crippen LogP contribution in [-0.2, 0) is 7.05 Å². The summed E-state index contributed by atoms with van der Waals surface area (Å²) in [6.07, 6.45) is 1.48. The minimum absolute atomic E-state index is 0.127. The molecule has 6 heteroatoms. The molecule has 1 N–H and O–H groups in total. The Morgan fingerprint density at radius 3 is 2.52 bits per heavy atom. The lowest BCUT2D eigenvalue weighted by molar-refractivity contribution is 0.0859. The molecule has 0 bridgehead atoms. The lowest BCUT2D eigenvalue weighted by atomic mass is 9.87. The molecule has 0 unspecified atom stereocenters. The van der Waals surface area contributed by atoms with E-state index in [-0.39, 0.29) is 35.3 Å². The number of nitrogens with one attached hydrogen (secondary N) is 1. The van der Waals surface area contributed by atoms with Crippen LogP contribution >= 0.6 is 0 Å². The van der Waals surface area contributed by atoms with E-state index in [1.165, 1.54) is 29.0 Å². The summed E-state index contributed by atoms with van der Waals surface area (Å²) in [5.74, 6) is -0.611. The van der Waals surface area contributed by atoms with Gasteiger partial charge in [0.1, 0.15) is 6.61 Å². The number of hydrogen-bond donors (Lipinski definition) is 1. The van der Waals surface area contributed by atoms with Crippen molar-refractivity contribution in [3.8, 4) is 5.75 Å². The third kappa shape index (κ3) is 4.92. The number of aromatic nitrogens is 1. The van der Waals surface area contributed by atoms with Gasteiger partial charge in [0.05, 0.1) is 11.6 Å². The van der Waals surface area contributed by atoms with Crippen molar-refractivity contribution in [2.75, 3.05) is 6.61 Å². The molecule has 0 saturated carbocycles. The number of pyridine rings is 1. The monoisotopic (exact) mass is 346 g/mol. The minimum atomic E-state index is -0.445. The Morgan fingerprint density at radius 2 is 1.92 bits per heavy atom. The predicted molar refractivity (Wildman–Crippen MR) is 94.3 cm³/mol. The van der Waals surface area contributed by atoms with Gasteiger partial charge < -0.3 is 14.6 Å². The van der Waals surface area contributed by atoms with Crippen LogP contribution in [0.1, 0.15) is 31.1 Å². The third-order valence-electron chi connectivity index (χ3n) is 3.94. The van der Waals surface area contributed by atoms with E-state index >= 15 is 0 Å². The zero-order valence-electron chi connectivity index (χ0n) is 14.9. The standard InChI is InChI=1S/C19H23FN2O3/c1-19(2,3)16(12-25-15-8-6-5-7-14(15)20)21-18(24)13-9-10-17(23)22(4)11-13/h5-11,16H,12H2,1-4H3,(H,21,24)/t16-/m0/s1. The minimum Gasteiger partial charge on any atom is -0.488 e. The largest absolute Gasteiger partial charge is 0.488 e. The second-order valence-electron chi connectivity index (χ2n) is 7.00. The number of hydrogen-bond acceptors (Lipinski definition) is 3. The highest BCUT2D eigenvalue weighted by Crippen LogP contribution is 2.22. The highest BCUT2D eigenvalue weighted by Gasteiger charge is 2.28. The fourth-order valence-corrected chi connectivity index (χ4v) is 2.21. The molecule has 1 atom stereocenters. The van der Waals surface area contributed by atoms with Gasteiger partial charge in [-0.3, -0.25) is 9.59 Å². The summed E-state index contributed by atoms with van der Waals surface area (Å²) in [4.78, 5) is 23.9. The Bertz CT molecular complexity index is 809. The number of nitrogens with zero attached hydrogens (tertiary/aromatic N) is 1. The Kier molecular flexibility index (Phi) is 5.62. The molecule has 134 valence electrons. The van der Waals surface area contributed by atoms with Gasteiger partial charge in [0.15, 0.2) is 11.6 Å². The van der Waals surface area contributed by atoms with Crippen molar-refractivity contribution in [3.05, 3.63) is 64.3 Å². The van der Waals surface area contributed by atoms with E-state index in [1.54, 1.807) is 25.2 Å². The van der Waals surface area contributed by atoms with Gasteiger partial charge in [-0.05, 0) is 23.6 Å². The molecule has 2 rings (SSSR count). The molecule has 1 aromatic heterocycles. The van der Waals surface area contributed by atoms with Crippen LogP contribution in [0, 0.1) is 11.2 Å². The molecule has 0 aliphatic carbocycles. The average Bonchev–Trinajstić information content (AvgIpc) is 2.54. The van der Waals surface area contributed by atoms with E-state index in [2.05, 4.69) is 5.32 Å². The maximum atomic E-state index is 13.7. The number of halogens is 1. The lowest BCUT2D eigenvalue weighted by Gasteiger charge is -2.31. The van der Waals surface area contributed by atoms with Gasteiger partial charge in [0.25, 0.3) is 5.91 Å². The number of carbonyl (C=O) groups excluding carboxylic acids is 1. The molecule has 0 fully saturated rings. The second kappa shape index (κ2) is 7.51. The summed E-state index contributed by atoms with van der Waals surface area (Å²) < 4.78 is 20.6. The normalized spacial score (nSPS) is 12.5. The Morgan fingerprint density at radius 1 is 1.24 bits per heavy atom. The smallest absolute Gasteiger partial charge is 0.253 e. The summed E-state index contributed by atoms with van der Waals surface area (Å²) >= 11 is 0. The third-order valence-corrected chi connectivity index (χ3v) is 3.94. The first-order valence-electron chi connectivity index (χ1n) is 8.03. The molecule has 25 heavy (non-hydrogen) atoms. The maximum absolute atomic E-state index is 13.7. The van der Waals surface area contributed by atoms with Gasteiger partial charge in [-0.15, -0.1) is 0 Å². The molecule has 1 heterocycles. The number of rotatable bonds is 5. The number of carbonyl (C=O) groups is 1. The van der Waals surface area contributed by atoms with Crippen molar-refractivity contribution >= 4 is 5.91 Å². The topological polar surface area (TPSA) is 60.3 Å². The maximum Gasteiger partial charge on any atom is 0.253 e. The van der Waals surface area contributed by atoms with Gasteiger partial charge in [-0.25, -0.2) is 4.39 Å². The summed E-state index contributed by atoms with van der Waals surface area (Å²) in [5, 5.41) is 2.91. The van der Waals surface area contributed by atoms with E-state index in [0.29, 0.717) is 5.56 Å². The molecule has 0 radical (unpaired) electrons.